The maximum atomic E-state index is 12.3. The van der Waals surface area contributed by atoms with Crippen LogP contribution in [0, 0.1) is 0 Å². The Balaban J connectivity index is 1.46. The maximum Gasteiger partial charge on any atom is 0.316 e. The van der Waals surface area contributed by atoms with Gasteiger partial charge in [0.2, 0.25) is 0 Å². The van der Waals surface area contributed by atoms with Gasteiger partial charge in [-0.3, -0.25) is 4.79 Å². The fourth-order valence-electron chi connectivity index (χ4n) is 2.80. The summed E-state index contributed by atoms with van der Waals surface area (Å²) in [5, 5.41) is 5.35. The molecule has 2 aromatic rings. The summed E-state index contributed by atoms with van der Waals surface area (Å²) in [6.45, 7) is 1.72. The minimum atomic E-state index is -0.612. The molecule has 27 heavy (non-hydrogen) atoms. The Bertz CT molecular complexity index is 769. The van der Waals surface area contributed by atoms with Crippen molar-refractivity contribution in [3.8, 4) is 5.75 Å². The minimum Gasteiger partial charge on any atom is -0.491 e. The van der Waals surface area contributed by atoms with Gasteiger partial charge in [0.05, 0.1) is 6.10 Å². The third kappa shape index (κ3) is 5.72. The van der Waals surface area contributed by atoms with Gasteiger partial charge < -0.3 is 25.8 Å². The van der Waals surface area contributed by atoms with Crippen LogP contribution in [-0.4, -0.2) is 31.3 Å². The summed E-state index contributed by atoms with van der Waals surface area (Å²) in [6, 6.07) is 13.5. The van der Waals surface area contributed by atoms with Gasteiger partial charge in [-0.15, -0.1) is 0 Å². The van der Waals surface area contributed by atoms with E-state index in [9.17, 15) is 9.59 Å². The van der Waals surface area contributed by atoms with Crippen molar-refractivity contribution < 1.29 is 19.1 Å². The standard InChI is InChI=1S/C20H23N3O4/c21-20(25)23-16-7-3-14(4-8-16)12-22-19(24)15-5-9-17(10-6-15)27-13-18-2-1-11-26-18/h3-10,18H,1-2,11-13H2,(H,22,24)(H3,21,23,25)/t18-/m1/s1. The summed E-state index contributed by atoms with van der Waals surface area (Å²) < 4.78 is 11.2. The number of rotatable bonds is 7. The van der Waals surface area contributed by atoms with Crippen LogP contribution in [0.4, 0.5) is 10.5 Å². The summed E-state index contributed by atoms with van der Waals surface area (Å²) in [6.07, 6.45) is 2.27. The molecule has 0 bridgehead atoms. The largest absolute Gasteiger partial charge is 0.491 e. The minimum absolute atomic E-state index is 0.164. The van der Waals surface area contributed by atoms with Gasteiger partial charge in [-0.1, -0.05) is 12.1 Å². The molecular weight excluding hydrogens is 346 g/mol. The van der Waals surface area contributed by atoms with Gasteiger partial charge in [-0.05, 0) is 54.8 Å². The van der Waals surface area contributed by atoms with Crippen molar-refractivity contribution in [2.45, 2.75) is 25.5 Å². The highest BCUT2D eigenvalue weighted by Crippen LogP contribution is 2.17. The average Bonchev–Trinajstić information content (AvgIpc) is 3.19. The van der Waals surface area contributed by atoms with E-state index < -0.39 is 6.03 Å². The smallest absolute Gasteiger partial charge is 0.316 e. The Morgan fingerprint density at radius 3 is 2.48 bits per heavy atom. The second kappa shape index (κ2) is 9.05. The Morgan fingerprint density at radius 2 is 1.85 bits per heavy atom. The normalized spacial score (nSPS) is 15.9. The first-order valence-electron chi connectivity index (χ1n) is 8.88. The molecule has 0 aliphatic carbocycles. The molecule has 1 aliphatic rings. The van der Waals surface area contributed by atoms with E-state index in [0.29, 0.717) is 24.4 Å². The van der Waals surface area contributed by atoms with Crippen molar-refractivity contribution in [2.24, 2.45) is 5.73 Å². The predicted molar refractivity (Wildman–Crippen MR) is 102 cm³/mol. The van der Waals surface area contributed by atoms with E-state index >= 15 is 0 Å². The van der Waals surface area contributed by atoms with Crippen LogP contribution in [0.5, 0.6) is 5.75 Å². The quantitative estimate of drug-likeness (QED) is 0.698. The van der Waals surface area contributed by atoms with E-state index in [2.05, 4.69) is 10.6 Å². The average molecular weight is 369 g/mol. The third-order valence-corrected chi connectivity index (χ3v) is 4.25. The number of amides is 3. The Hall–Kier alpha value is -3.06. The zero-order chi connectivity index (χ0) is 19.1. The number of carbonyl (C=O) groups is 2. The second-order valence-corrected chi connectivity index (χ2v) is 6.34. The lowest BCUT2D eigenvalue weighted by Crippen LogP contribution is -2.23. The van der Waals surface area contributed by atoms with Gasteiger partial charge in [0.15, 0.2) is 0 Å². The van der Waals surface area contributed by atoms with Crippen molar-refractivity contribution in [1.82, 2.24) is 5.32 Å². The predicted octanol–water partition coefficient (Wildman–Crippen LogP) is 2.67. The van der Waals surface area contributed by atoms with Crippen LogP contribution < -0.4 is 21.1 Å². The molecule has 0 radical (unpaired) electrons. The van der Waals surface area contributed by atoms with Gasteiger partial charge in [0.25, 0.3) is 5.91 Å². The first kappa shape index (κ1) is 18.7. The summed E-state index contributed by atoms with van der Waals surface area (Å²) in [4.78, 5) is 23.1. The second-order valence-electron chi connectivity index (χ2n) is 6.34. The highest BCUT2D eigenvalue weighted by Gasteiger charge is 2.16. The summed E-state index contributed by atoms with van der Waals surface area (Å²) in [5.74, 6) is 0.555. The van der Waals surface area contributed by atoms with Crippen LogP contribution >= 0.6 is 0 Å². The van der Waals surface area contributed by atoms with Gasteiger partial charge in [0, 0.05) is 24.4 Å². The molecule has 3 amide bonds. The van der Waals surface area contributed by atoms with Crippen LogP contribution in [0.1, 0.15) is 28.8 Å². The zero-order valence-electron chi connectivity index (χ0n) is 14.9. The molecule has 7 nitrogen and oxygen atoms in total. The number of hydrogen-bond acceptors (Lipinski definition) is 4. The molecule has 3 rings (SSSR count). The molecular formula is C20H23N3O4. The van der Waals surface area contributed by atoms with E-state index in [-0.39, 0.29) is 12.0 Å². The number of ether oxygens (including phenoxy) is 2. The number of hydrogen-bond donors (Lipinski definition) is 3. The number of primary amides is 1. The van der Waals surface area contributed by atoms with Crippen LogP contribution in [-0.2, 0) is 11.3 Å². The van der Waals surface area contributed by atoms with Crippen LogP contribution in [0.15, 0.2) is 48.5 Å². The van der Waals surface area contributed by atoms with Crippen molar-refractivity contribution in [3.63, 3.8) is 0 Å². The molecule has 1 atom stereocenters. The third-order valence-electron chi connectivity index (χ3n) is 4.25. The number of nitrogens with two attached hydrogens (primary N) is 1. The summed E-state index contributed by atoms with van der Waals surface area (Å²) in [7, 11) is 0. The molecule has 1 saturated heterocycles. The first-order chi connectivity index (χ1) is 13.1. The molecule has 1 fully saturated rings. The molecule has 1 aliphatic heterocycles. The molecule has 4 N–H and O–H groups in total. The Labute approximate surface area is 157 Å². The van der Waals surface area contributed by atoms with E-state index in [1.807, 2.05) is 12.1 Å². The number of urea groups is 1. The van der Waals surface area contributed by atoms with Crippen molar-refractivity contribution >= 4 is 17.6 Å². The van der Waals surface area contributed by atoms with E-state index in [1.54, 1.807) is 36.4 Å². The van der Waals surface area contributed by atoms with Gasteiger partial charge in [-0.25, -0.2) is 4.79 Å². The number of benzene rings is 2. The van der Waals surface area contributed by atoms with Crippen LogP contribution in [0.25, 0.3) is 0 Å². The highest BCUT2D eigenvalue weighted by atomic mass is 16.5. The first-order valence-corrected chi connectivity index (χ1v) is 8.88. The summed E-state index contributed by atoms with van der Waals surface area (Å²) >= 11 is 0. The Kier molecular flexibility index (Phi) is 6.27. The van der Waals surface area contributed by atoms with Gasteiger partial charge in [0.1, 0.15) is 12.4 Å². The van der Waals surface area contributed by atoms with E-state index in [1.165, 1.54) is 0 Å². The molecule has 0 unspecified atom stereocenters. The molecule has 7 heteroatoms. The molecule has 0 spiro atoms. The number of nitrogens with one attached hydrogen (secondary N) is 2. The fourth-order valence-corrected chi connectivity index (χ4v) is 2.80. The van der Waals surface area contributed by atoms with E-state index in [0.717, 1.165) is 30.8 Å². The van der Waals surface area contributed by atoms with Crippen LogP contribution in [0.3, 0.4) is 0 Å². The molecule has 0 aromatic heterocycles. The fraction of sp³-hybridized carbons (Fsp3) is 0.300. The van der Waals surface area contributed by atoms with Crippen molar-refractivity contribution in [3.05, 3.63) is 59.7 Å². The SMILES string of the molecule is NC(=O)Nc1ccc(CNC(=O)c2ccc(OC[C@H]3CCCO3)cc2)cc1. The lowest BCUT2D eigenvalue weighted by molar-refractivity contribution is 0.0679. The Morgan fingerprint density at radius 1 is 1.11 bits per heavy atom. The molecule has 142 valence electrons. The van der Waals surface area contributed by atoms with Gasteiger partial charge in [-0.2, -0.15) is 0 Å². The maximum absolute atomic E-state index is 12.3. The van der Waals surface area contributed by atoms with Crippen LogP contribution in [0.2, 0.25) is 0 Å². The van der Waals surface area contributed by atoms with Crippen molar-refractivity contribution in [2.75, 3.05) is 18.5 Å². The zero-order valence-corrected chi connectivity index (χ0v) is 14.9. The molecule has 2 aromatic carbocycles. The number of anilines is 1. The topological polar surface area (TPSA) is 103 Å². The highest BCUT2D eigenvalue weighted by molar-refractivity contribution is 5.94. The van der Waals surface area contributed by atoms with Crippen molar-refractivity contribution in [1.29, 1.82) is 0 Å². The summed E-state index contributed by atoms with van der Waals surface area (Å²) in [5.41, 5.74) is 7.15. The lowest BCUT2D eigenvalue weighted by atomic mass is 10.1. The van der Waals surface area contributed by atoms with E-state index in [4.69, 9.17) is 15.2 Å². The monoisotopic (exact) mass is 369 g/mol. The number of carbonyl (C=O) groups excluding carboxylic acids is 2. The van der Waals surface area contributed by atoms with Gasteiger partial charge >= 0.3 is 6.03 Å². The molecule has 0 saturated carbocycles. The molecule has 1 heterocycles. The lowest BCUT2D eigenvalue weighted by Gasteiger charge is -2.12.